The summed E-state index contributed by atoms with van der Waals surface area (Å²) in [5.41, 5.74) is 0.950. The zero-order valence-electron chi connectivity index (χ0n) is 12.5. The molecule has 0 heterocycles. The summed E-state index contributed by atoms with van der Waals surface area (Å²) >= 11 is 0. The Hall–Kier alpha value is -1.92. The fourth-order valence-corrected chi connectivity index (χ4v) is 1.61. The molecule has 1 rings (SSSR count). The number of carbonyl (C=O) groups is 2. The number of hydrogen-bond donors (Lipinski definition) is 1. The highest BCUT2D eigenvalue weighted by Crippen LogP contribution is 2.01. The van der Waals surface area contributed by atoms with Crippen LogP contribution in [-0.4, -0.2) is 43.5 Å². The van der Waals surface area contributed by atoms with Crippen molar-refractivity contribution in [3.8, 4) is 0 Å². The van der Waals surface area contributed by atoms with Gasteiger partial charge in [-0.15, -0.1) is 0 Å². The molecule has 122 valence electrons. The van der Waals surface area contributed by atoms with Crippen molar-refractivity contribution in [3.63, 3.8) is 0 Å². The van der Waals surface area contributed by atoms with E-state index < -0.39 is 5.97 Å². The lowest BCUT2D eigenvalue weighted by Crippen LogP contribution is -2.11. The lowest BCUT2D eigenvalue weighted by atomic mass is 10.2. The minimum atomic E-state index is -0.825. The van der Waals surface area contributed by atoms with E-state index in [-0.39, 0.29) is 32.0 Å². The Labute approximate surface area is 130 Å². The number of aliphatic carboxylic acids is 1. The predicted octanol–water partition coefficient (Wildman–Crippen LogP) is 2.02. The summed E-state index contributed by atoms with van der Waals surface area (Å²) in [6.45, 7) is 1.71. The molecule has 0 saturated carbocycles. The highest BCUT2D eigenvalue weighted by molar-refractivity contribution is 5.69. The van der Waals surface area contributed by atoms with Crippen molar-refractivity contribution < 1.29 is 28.9 Å². The highest BCUT2D eigenvalue weighted by atomic mass is 16.5. The van der Waals surface area contributed by atoms with E-state index >= 15 is 0 Å². The molecule has 1 aromatic carbocycles. The summed E-state index contributed by atoms with van der Waals surface area (Å²) < 4.78 is 15.5. The van der Waals surface area contributed by atoms with Crippen LogP contribution < -0.4 is 0 Å². The van der Waals surface area contributed by atoms with Gasteiger partial charge in [0.2, 0.25) is 0 Å². The molecule has 0 spiro atoms. The summed E-state index contributed by atoms with van der Waals surface area (Å²) in [5.74, 6) is -1.12. The average Bonchev–Trinajstić information content (AvgIpc) is 2.52. The van der Waals surface area contributed by atoms with E-state index in [4.69, 9.17) is 19.3 Å². The minimum absolute atomic E-state index is 0.105. The maximum absolute atomic E-state index is 11.5. The van der Waals surface area contributed by atoms with Gasteiger partial charge in [0.1, 0.15) is 6.61 Å². The molecule has 0 radical (unpaired) electrons. The molecule has 6 nitrogen and oxygen atoms in total. The third-order valence-electron chi connectivity index (χ3n) is 2.74. The second kappa shape index (κ2) is 11.7. The zero-order valence-corrected chi connectivity index (χ0v) is 12.5. The average molecular weight is 310 g/mol. The van der Waals surface area contributed by atoms with Crippen molar-refractivity contribution in [2.75, 3.05) is 26.4 Å². The van der Waals surface area contributed by atoms with E-state index in [9.17, 15) is 9.59 Å². The molecule has 0 saturated heterocycles. The van der Waals surface area contributed by atoms with Crippen LogP contribution in [0.1, 0.15) is 24.8 Å². The lowest BCUT2D eigenvalue weighted by Gasteiger charge is -2.06. The van der Waals surface area contributed by atoms with Gasteiger partial charge < -0.3 is 19.3 Å². The SMILES string of the molecule is O=C(O)CCCOCCOCCC(=O)OCc1ccccc1. The number of carboxylic acid groups (broad SMARTS) is 1. The molecule has 0 amide bonds. The fourth-order valence-electron chi connectivity index (χ4n) is 1.61. The van der Waals surface area contributed by atoms with Gasteiger partial charge in [-0.3, -0.25) is 9.59 Å². The zero-order chi connectivity index (χ0) is 16.0. The molecular formula is C16H22O6. The molecule has 0 aliphatic carbocycles. The van der Waals surface area contributed by atoms with Gasteiger partial charge in [0.05, 0.1) is 26.2 Å². The first kappa shape index (κ1) is 18.1. The van der Waals surface area contributed by atoms with Gasteiger partial charge in [-0.25, -0.2) is 0 Å². The number of benzene rings is 1. The molecule has 22 heavy (non-hydrogen) atoms. The molecule has 1 N–H and O–H groups in total. The lowest BCUT2D eigenvalue weighted by molar-refractivity contribution is -0.146. The smallest absolute Gasteiger partial charge is 0.308 e. The Bertz CT molecular complexity index is 432. The van der Waals surface area contributed by atoms with Gasteiger partial charge in [0.15, 0.2) is 0 Å². The van der Waals surface area contributed by atoms with E-state index in [0.717, 1.165) is 5.56 Å². The van der Waals surface area contributed by atoms with E-state index in [1.807, 2.05) is 30.3 Å². The second-order valence-electron chi connectivity index (χ2n) is 4.62. The van der Waals surface area contributed by atoms with Crippen molar-refractivity contribution in [2.45, 2.75) is 25.9 Å². The molecule has 1 aromatic rings. The number of ether oxygens (including phenoxy) is 3. The van der Waals surface area contributed by atoms with Gasteiger partial charge in [-0.2, -0.15) is 0 Å². The van der Waals surface area contributed by atoms with Crippen molar-refractivity contribution in [1.82, 2.24) is 0 Å². The molecule has 0 atom stereocenters. The van der Waals surface area contributed by atoms with Crippen LogP contribution in [0, 0.1) is 0 Å². The van der Waals surface area contributed by atoms with E-state index in [2.05, 4.69) is 0 Å². The summed E-state index contributed by atoms with van der Waals surface area (Å²) in [6, 6.07) is 9.48. The molecule has 0 aromatic heterocycles. The number of rotatable bonds is 12. The standard InChI is InChI=1S/C16H22O6/c17-15(18)7-4-9-20-11-12-21-10-8-16(19)22-13-14-5-2-1-3-6-14/h1-3,5-6H,4,7-13H2,(H,17,18). The maximum Gasteiger partial charge on any atom is 0.308 e. The van der Waals surface area contributed by atoms with Crippen LogP contribution in [0.15, 0.2) is 30.3 Å². The van der Waals surface area contributed by atoms with E-state index in [1.54, 1.807) is 0 Å². The number of hydrogen-bond acceptors (Lipinski definition) is 5. The van der Waals surface area contributed by atoms with Crippen LogP contribution >= 0.6 is 0 Å². The molecule has 0 bridgehead atoms. The second-order valence-corrected chi connectivity index (χ2v) is 4.62. The van der Waals surface area contributed by atoms with Crippen LogP contribution in [-0.2, 0) is 30.4 Å². The van der Waals surface area contributed by atoms with E-state index in [1.165, 1.54) is 0 Å². The monoisotopic (exact) mass is 310 g/mol. The molecule has 0 aliphatic heterocycles. The van der Waals surface area contributed by atoms with Crippen LogP contribution in [0.25, 0.3) is 0 Å². The summed E-state index contributed by atoms with van der Waals surface area (Å²) in [5, 5.41) is 8.43. The number of esters is 1. The first-order valence-electron chi connectivity index (χ1n) is 7.25. The highest BCUT2D eigenvalue weighted by Gasteiger charge is 2.03. The van der Waals surface area contributed by atoms with Crippen molar-refractivity contribution in [3.05, 3.63) is 35.9 Å². The Morgan fingerprint density at radius 2 is 1.59 bits per heavy atom. The van der Waals surface area contributed by atoms with Gasteiger partial charge >= 0.3 is 11.9 Å². The molecule has 6 heteroatoms. The van der Waals surface area contributed by atoms with Crippen LogP contribution in [0.5, 0.6) is 0 Å². The summed E-state index contributed by atoms with van der Waals surface area (Å²) in [4.78, 5) is 21.7. The van der Waals surface area contributed by atoms with E-state index in [0.29, 0.717) is 26.2 Å². The minimum Gasteiger partial charge on any atom is -0.481 e. The van der Waals surface area contributed by atoms with Crippen LogP contribution in [0.2, 0.25) is 0 Å². The predicted molar refractivity (Wildman–Crippen MR) is 79.4 cm³/mol. The topological polar surface area (TPSA) is 82.1 Å². The van der Waals surface area contributed by atoms with Crippen LogP contribution in [0.3, 0.4) is 0 Å². The maximum atomic E-state index is 11.5. The largest absolute Gasteiger partial charge is 0.481 e. The van der Waals surface area contributed by atoms with Crippen molar-refractivity contribution in [1.29, 1.82) is 0 Å². The normalized spacial score (nSPS) is 10.4. The van der Waals surface area contributed by atoms with Crippen molar-refractivity contribution in [2.24, 2.45) is 0 Å². The van der Waals surface area contributed by atoms with Crippen molar-refractivity contribution >= 4 is 11.9 Å². The Morgan fingerprint density at radius 3 is 2.27 bits per heavy atom. The Kier molecular flexibility index (Phi) is 9.65. The molecule has 0 unspecified atom stereocenters. The number of carbonyl (C=O) groups excluding carboxylic acids is 1. The van der Waals surface area contributed by atoms with Gasteiger partial charge in [0.25, 0.3) is 0 Å². The third-order valence-corrected chi connectivity index (χ3v) is 2.74. The summed E-state index contributed by atoms with van der Waals surface area (Å²) in [6.07, 6.45) is 0.793. The molecular weight excluding hydrogens is 288 g/mol. The Balaban J connectivity index is 1.89. The van der Waals surface area contributed by atoms with Crippen LogP contribution in [0.4, 0.5) is 0 Å². The van der Waals surface area contributed by atoms with Gasteiger partial charge in [0, 0.05) is 13.0 Å². The molecule has 0 fully saturated rings. The first-order chi connectivity index (χ1) is 10.7. The van der Waals surface area contributed by atoms with Gasteiger partial charge in [-0.05, 0) is 12.0 Å². The molecule has 0 aliphatic rings. The number of carboxylic acids is 1. The van der Waals surface area contributed by atoms with Gasteiger partial charge in [-0.1, -0.05) is 30.3 Å². The summed E-state index contributed by atoms with van der Waals surface area (Å²) in [7, 11) is 0. The Morgan fingerprint density at radius 1 is 0.909 bits per heavy atom. The first-order valence-corrected chi connectivity index (χ1v) is 7.25. The quantitative estimate of drug-likeness (QED) is 0.470. The third kappa shape index (κ3) is 9.90. The fraction of sp³-hybridized carbons (Fsp3) is 0.500.